The first-order valence-electron chi connectivity index (χ1n) is 50.9. The van der Waals surface area contributed by atoms with Gasteiger partial charge < -0.3 is 36.1 Å². The Labute approximate surface area is 870 Å². The van der Waals surface area contributed by atoms with Crippen LogP contribution in [0.1, 0.15) is 0 Å². The summed E-state index contributed by atoms with van der Waals surface area (Å²) in [5, 5.41) is 29.8. The first-order valence-corrected chi connectivity index (χ1v) is 54.1. The fraction of sp³-hybridized carbons (Fsp3) is 0. The molecule has 0 N–H and O–H groups in total. The Kier molecular flexibility index (Phi) is 18.1. The van der Waals surface area contributed by atoms with E-state index in [9.17, 15) is 0 Å². The van der Waals surface area contributed by atoms with Gasteiger partial charge in [0.1, 0.15) is 33.5 Å². The minimum atomic E-state index is 0.922. The van der Waals surface area contributed by atoms with Gasteiger partial charge in [0, 0.05) is 223 Å². The van der Waals surface area contributed by atoms with E-state index in [1.54, 1.807) is 0 Å². The molecule has 0 fully saturated rings. The molecule has 8 nitrogen and oxygen atoms in total. The van der Waals surface area contributed by atoms with Crippen molar-refractivity contribution < 1.29 is 13.3 Å². The lowest BCUT2D eigenvalue weighted by molar-refractivity contribution is 0.669. The van der Waals surface area contributed by atoms with Gasteiger partial charge in [-0.1, -0.05) is 309 Å². The highest BCUT2D eigenvalue weighted by Gasteiger charge is 2.29. The lowest BCUT2D eigenvalue weighted by Gasteiger charge is -2.10. The third kappa shape index (κ3) is 12.2. The first-order chi connectivity index (χ1) is 74.4. The Morgan fingerprint density at radius 1 is 0.133 bits per heavy atom. The van der Waals surface area contributed by atoms with E-state index in [4.69, 9.17) is 13.3 Å². The SMILES string of the molecule is c1ccc(-n2c3ccccc3c3c4c5ccccc5n(-c5ccc6sc7c(-c8cccc9c8oc8ccccc89)cccc7c6c5)c4ccc32)cc1.c1ccc(-n2c3ccccc3c3cc4c5ccccc5n(-c5ccc6sc7c(-c8cccc9c8oc8ccccc89)cccc7c6c5)c4cc32)cc1.c1ccc2c(c1)oc1c2ccc2c1c1ccccc1n2-c1ccc2sc3c(-c4cccc5c4sc4ccccc45)cccc3c2c1. The summed E-state index contributed by atoms with van der Waals surface area (Å²) >= 11 is 7.52. The maximum absolute atomic E-state index is 6.53. The van der Waals surface area contributed by atoms with Crippen LogP contribution in [0.15, 0.2) is 492 Å². The number of rotatable bonds is 8. The molecule has 698 valence electrons. The Morgan fingerprint density at radius 3 is 0.827 bits per heavy atom. The number of hydrogen-bond acceptors (Lipinski definition) is 7. The van der Waals surface area contributed by atoms with Crippen molar-refractivity contribution in [1.29, 1.82) is 0 Å². The van der Waals surface area contributed by atoms with Crippen molar-refractivity contribution in [1.82, 2.24) is 22.8 Å². The maximum atomic E-state index is 6.53. The van der Waals surface area contributed by atoms with Gasteiger partial charge in [0.15, 0.2) is 0 Å². The summed E-state index contributed by atoms with van der Waals surface area (Å²) in [6.45, 7) is 0. The number of benzene rings is 23. The van der Waals surface area contributed by atoms with Crippen molar-refractivity contribution in [2.75, 3.05) is 0 Å². The smallest absolute Gasteiger partial charge is 0.145 e. The molecule has 0 aliphatic carbocycles. The van der Waals surface area contributed by atoms with E-state index >= 15 is 0 Å². The predicted molar refractivity (Wildman–Crippen MR) is 641 cm³/mol. The summed E-state index contributed by atoms with van der Waals surface area (Å²) in [5.74, 6) is 0. The van der Waals surface area contributed by atoms with E-state index in [1.165, 1.54) is 212 Å². The molecule has 23 aromatic carbocycles. The topological polar surface area (TPSA) is 64.1 Å². The van der Waals surface area contributed by atoms with Crippen LogP contribution in [0.25, 0.3) is 317 Å². The lowest BCUT2D eigenvalue weighted by atomic mass is 10.00. The first kappa shape index (κ1) is 83.6. The normalized spacial score (nSPS) is 12.3. The summed E-state index contributed by atoms with van der Waals surface area (Å²) in [4.78, 5) is 0. The zero-order valence-corrected chi connectivity index (χ0v) is 83.5. The lowest BCUT2D eigenvalue weighted by Crippen LogP contribution is -1.95. The van der Waals surface area contributed by atoms with Gasteiger partial charge in [0.2, 0.25) is 0 Å². The summed E-state index contributed by atoms with van der Waals surface area (Å²) in [7, 11) is 0. The van der Waals surface area contributed by atoms with Crippen molar-refractivity contribution in [2.45, 2.75) is 0 Å². The molecule has 12 heteroatoms. The minimum absolute atomic E-state index is 0.922. The molecule has 0 aliphatic heterocycles. The van der Waals surface area contributed by atoms with Crippen molar-refractivity contribution in [3.05, 3.63) is 479 Å². The Hall–Kier alpha value is -18.7. The van der Waals surface area contributed by atoms with Gasteiger partial charge in [-0.2, -0.15) is 0 Å². The monoisotopic (exact) mass is 1980 g/mol. The molecule has 35 aromatic rings. The molecule has 35 rings (SSSR count). The van der Waals surface area contributed by atoms with Gasteiger partial charge >= 0.3 is 0 Å². The van der Waals surface area contributed by atoms with E-state index in [1.807, 2.05) is 63.5 Å². The van der Waals surface area contributed by atoms with E-state index in [0.717, 1.165) is 105 Å². The zero-order valence-electron chi connectivity index (χ0n) is 80.2. The molecule has 0 bridgehead atoms. The van der Waals surface area contributed by atoms with Crippen molar-refractivity contribution >= 4 is 301 Å². The van der Waals surface area contributed by atoms with Gasteiger partial charge in [0.05, 0.1) is 60.6 Å². The fourth-order valence-corrected chi connectivity index (χ4v) is 29.9. The van der Waals surface area contributed by atoms with Gasteiger partial charge in [-0.3, -0.25) is 0 Å². The molecule has 0 saturated carbocycles. The second-order valence-electron chi connectivity index (χ2n) is 39.3. The van der Waals surface area contributed by atoms with E-state index < -0.39 is 0 Å². The number of hydrogen-bond donors (Lipinski definition) is 0. The summed E-state index contributed by atoms with van der Waals surface area (Å²) < 4.78 is 42.1. The van der Waals surface area contributed by atoms with Crippen LogP contribution in [0.2, 0.25) is 0 Å². The van der Waals surface area contributed by atoms with E-state index in [2.05, 4.69) is 484 Å². The zero-order chi connectivity index (χ0) is 97.8. The number of para-hydroxylation sites is 12. The third-order valence-electron chi connectivity index (χ3n) is 31.4. The second-order valence-corrected chi connectivity index (χ2v) is 43.6. The average Bonchev–Trinajstić information content (AvgIpc) is 1.39. The van der Waals surface area contributed by atoms with Crippen LogP contribution in [-0.2, 0) is 0 Å². The van der Waals surface area contributed by atoms with E-state index in [0.29, 0.717) is 0 Å². The van der Waals surface area contributed by atoms with Crippen molar-refractivity contribution in [3.8, 4) is 61.8 Å². The quantitative estimate of drug-likeness (QED) is 0.152. The molecule has 0 aliphatic rings. The Morgan fingerprint density at radius 2 is 0.407 bits per heavy atom. The van der Waals surface area contributed by atoms with Gasteiger partial charge in [0.25, 0.3) is 0 Å². The van der Waals surface area contributed by atoms with Crippen LogP contribution in [-0.4, -0.2) is 22.8 Å². The standard InChI is InChI=1S/2C48H28N2OS.C42H23NOS2/c1-2-12-29(13-3-1)49-39-21-7-4-15-36(39)45-41(49)25-26-42-46(45)37-16-5-8-22-40(37)50(42)30-24-27-44-38(28-30)35-20-11-19-34(48(35)52-44)33-18-10-17-32-31-14-6-9-23-43(31)51-47(32)33;1-2-12-29(13-3-1)49-41-21-7-4-14-31(41)38-27-39-32-15-5-8-22-42(32)50(44(39)28-43(38)49)30-24-25-46-40(26-30)37-20-11-19-36(48(37)52-46)35-18-10-17-34-33-16-6-9-23-45(33)51-47(34)35;1-4-16-34-32(11-1)39-35(21-20-27-25-9-2-5-17-36(25)44-40(27)39)43(34)24-19-22-38-33(23-24)31-15-8-14-30(42(31)46-38)29-13-7-12-28-26-10-3-6-18-37(26)45-41(28)29/h2*1-28H;1-23H. The van der Waals surface area contributed by atoms with Crippen LogP contribution in [0, 0.1) is 0 Å². The average molecular weight is 1980 g/mol. The van der Waals surface area contributed by atoms with Gasteiger partial charge in [-0.25, -0.2) is 0 Å². The number of furan rings is 3. The van der Waals surface area contributed by atoms with Crippen LogP contribution < -0.4 is 0 Å². The van der Waals surface area contributed by atoms with Crippen molar-refractivity contribution in [3.63, 3.8) is 0 Å². The van der Waals surface area contributed by atoms with Crippen LogP contribution >= 0.6 is 45.3 Å². The number of fused-ring (bicyclic) bond motifs is 38. The number of thiophene rings is 4. The molecule has 0 spiro atoms. The predicted octanol–water partition coefficient (Wildman–Crippen LogP) is 40.7. The molecule has 0 saturated heterocycles. The molecular weight excluding hydrogens is 1900 g/mol. The van der Waals surface area contributed by atoms with Crippen LogP contribution in [0.3, 0.4) is 0 Å². The summed E-state index contributed by atoms with van der Waals surface area (Å²) in [5.41, 5.74) is 30.7. The fourth-order valence-electron chi connectivity index (χ4n) is 25.0. The second kappa shape index (κ2) is 32.4. The highest BCUT2D eigenvalue weighted by atomic mass is 32.1. The molecule has 0 unspecified atom stereocenters. The molecule has 0 atom stereocenters. The molecule has 150 heavy (non-hydrogen) atoms. The van der Waals surface area contributed by atoms with Gasteiger partial charge in [-0.05, 0) is 170 Å². The highest BCUT2D eigenvalue weighted by molar-refractivity contribution is 7.28. The van der Waals surface area contributed by atoms with Crippen LogP contribution in [0.4, 0.5) is 0 Å². The van der Waals surface area contributed by atoms with Crippen LogP contribution in [0.5, 0.6) is 0 Å². The molecular formula is C138H79N5O3S4. The molecule has 0 radical (unpaired) electrons. The largest absolute Gasteiger partial charge is 0.455 e. The Bertz CT molecular complexity index is 12000. The molecule has 12 heterocycles. The Balaban J connectivity index is 0.0000000976. The molecule has 0 amide bonds. The van der Waals surface area contributed by atoms with Crippen molar-refractivity contribution in [2.24, 2.45) is 0 Å². The highest BCUT2D eigenvalue weighted by Crippen LogP contribution is 2.54. The third-order valence-corrected chi connectivity index (χ3v) is 36.3. The number of nitrogens with zero attached hydrogens (tertiary/aromatic N) is 5. The maximum Gasteiger partial charge on any atom is 0.145 e. The molecule has 12 aromatic heterocycles. The van der Waals surface area contributed by atoms with Gasteiger partial charge in [-0.15, -0.1) is 45.3 Å². The number of aromatic nitrogens is 5. The summed E-state index contributed by atoms with van der Waals surface area (Å²) in [6.07, 6.45) is 0. The van der Waals surface area contributed by atoms with E-state index in [-0.39, 0.29) is 0 Å². The summed E-state index contributed by atoms with van der Waals surface area (Å²) in [6, 6.07) is 174. The minimum Gasteiger partial charge on any atom is -0.455 e.